The monoisotopic (exact) mass is 226 g/mol. The minimum Gasteiger partial charge on any atom is -0.359 e. The van der Waals surface area contributed by atoms with Crippen LogP contribution in [0.5, 0.6) is 0 Å². The number of rotatable bonds is 5. The first-order valence-corrected chi connectivity index (χ1v) is 4.81. The lowest BCUT2D eigenvalue weighted by molar-refractivity contribution is -0.120. The molecule has 0 aliphatic rings. The predicted octanol–water partition coefficient (Wildman–Crippen LogP) is 2.95. The average Bonchev–Trinajstić information content (AvgIpc) is 2.27. The van der Waals surface area contributed by atoms with E-state index in [1.807, 2.05) is 0 Å². The molecule has 1 rings (SSSR count). The fourth-order valence-electron chi connectivity index (χ4n) is 1.26. The summed E-state index contributed by atoms with van der Waals surface area (Å²) in [5.74, 6) is -0.518. The zero-order valence-electron chi connectivity index (χ0n) is 8.77. The van der Waals surface area contributed by atoms with Gasteiger partial charge in [-0.3, -0.25) is 0 Å². The maximum absolute atomic E-state index is 13.3. The van der Waals surface area contributed by atoms with E-state index in [0.717, 1.165) is 6.08 Å². The Balaban J connectivity index is 2.83. The van der Waals surface area contributed by atoms with Crippen LogP contribution >= 0.6 is 0 Å². The van der Waals surface area contributed by atoms with Crippen LogP contribution in [0, 0.1) is 5.82 Å². The molecule has 0 amide bonds. The zero-order chi connectivity index (χ0) is 12.0. The molecule has 0 aliphatic heterocycles. The molecule has 0 N–H and O–H groups in total. The molecule has 2 nitrogen and oxygen atoms in total. The molecular weight excluding hydrogens is 214 g/mol. The number of carbonyl (C=O) groups is 1. The van der Waals surface area contributed by atoms with Gasteiger partial charge in [-0.05, 0) is 19.1 Å². The normalized spacial score (nSPS) is 14.9. The molecule has 0 saturated carbocycles. The Morgan fingerprint density at radius 1 is 1.38 bits per heavy atom. The summed E-state index contributed by atoms with van der Waals surface area (Å²) < 4.78 is 30.4. The minimum absolute atomic E-state index is 0.150. The molecule has 2 atom stereocenters. The summed E-state index contributed by atoms with van der Waals surface area (Å²) in [5.41, 5.74) is 0.150. The van der Waals surface area contributed by atoms with Gasteiger partial charge in [0.25, 0.3) is 0 Å². The van der Waals surface area contributed by atoms with E-state index in [1.165, 1.54) is 18.2 Å². The van der Waals surface area contributed by atoms with Crippen LogP contribution in [0.3, 0.4) is 0 Å². The van der Waals surface area contributed by atoms with E-state index in [0.29, 0.717) is 12.6 Å². The maximum atomic E-state index is 13.3. The molecule has 0 fully saturated rings. The summed E-state index contributed by atoms with van der Waals surface area (Å²) in [6, 6.07) is 5.82. The van der Waals surface area contributed by atoms with Crippen molar-refractivity contribution >= 4 is 6.29 Å². The predicted molar refractivity (Wildman–Crippen MR) is 56.0 cm³/mol. The highest BCUT2D eigenvalue weighted by Gasteiger charge is 2.16. The molecule has 1 aromatic carbocycles. The first kappa shape index (κ1) is 12.5. The fourth-order valence-corrected chi connectivity index (χ4v) is 1.26. The van der Waals surface area contributed by atoms with E-state index in [1.54, 1.807) is 13.0 Å². The Labute approximate surface area is 92.5 Å². The Bertz CT molecular complexity index is 377. The van der Waals surface area contributed by atoms with Gasteiger partial charge in [-0.15, -0.1) is 0 Å². The van der Waals surface area contributed by atoms with Crippen molar-refractivity contribution in [1.29, 1.82) is 0 Å². The second-order valence-corrected chi connectivity index (χ2v) is 3.24. The van der Waals surface area contributed by atoms with Crippen molar-refractivity contribution < 1.29 is 18.3 Å². The molecule has 1 aromatic rings. The number of benzene rings is 1. The van der Waals surface area contributed by atoms with Gasteiger partial charge in [-0.2, -0.15) is 0 Å². The summed E-state index contributed by atoms with van der Waals surface area (Å²) in [7, 11) is 0. The number of aldehydes is 1. The number of halogens is 2. The molecule has 0 bridgehead atoms. The first-order valence-electron chi connectivity index (χ1n) is 4.81. The van der Waals surface area contributed by atoms with Crippen LogP contribution in [0.4, 0.5) is 8.78 Å². The molecule has 0 aromatic heterocycles. The quantitative estimate of drug-likeness (QED) is 0.721. The molecule has 0 aliphatic carbocycles. The van der Waals surface area contributed by atoms with Crippen LogP contribution < -0.4 is 0 Å². The van der Waals surface area contributed by atoms with Crippen LogP contribution in [0.2, 0.25) is 0 Å². The van der Waals surface area contributed by atoms with Gasteiger partial charge in [0.2, 0.25) is 0 Å². The van der Waals surface area contributed by atoms with Gasteiger partial charge in [0.1, 0.15) is 11.9 Å². The molecule has 16 heavy (non-hydrogen) atoms. The van der Waals surface area contributed by atoms with Crippen LogP contribution in [0.15, 0.2) is 36.7 Å². The molecular formula is C12H12F2O2. The molecule has 0 heterocycles. The minimum atomic E-state index is -1.02. The average molecular weight is 226 g/mol. The van der Waals surface area contributed by atoms with Crippen molar-refractivity contribution in [2.45, 2.75) is 19.1 Å². The topological polar surface area (TPSA) is 26.3 Å². The number of ether oxygens (including phenoxy) is 1. The van der Waals surface area contributed by atoms with E-state index >= 15 is 0 Å². The molecule has 0 spiro atoms. The first-order chi connectivity index (χ1) is 7.69. The van der Waals surface area contributed by atoms with Crippen LogP contribution in [0.1, 0.15) is 18.6 Å². The maximum Gasteiger partial charge on any atom is 0.153 e. The lowest BCUT2D eigenvalue weighted by Crippen LogP contribution is -2.14. The second kappa shape index (κ2) is 6.12. The van der Waals surface area contributed by atoms with E-state index in [2.05, 4.69) is 0 Å². The summed E-state index contributed by atoms with van der Waals surface area (Å²) in [6.07, 6.45) is 0.332. The third kappa shape index (κ3) is 3.24. The highest BCUT2D eigenvalue weighted by atomic mass is 19.1. The zero-order valence-corrected chi connectivity index (χ0v) is 8.77. The summed E-state index contributed by atoms with van der Waals surface area (Å²) >= 11 is 0. The summed E-state index contributed by atoms with van der Waals surface area (Å²) in [4.78, 5) is 10.8. The smallest absolute Gasteiger partial charge is 0.153 e. The number of hydrogen-bond acceptors (Lipinski definition) is 2. The highest BCUT2D eigenvalue weighted by molar-refractivity contribution is 5.60. The van der Waals surface area contributed by atoms with E-state index in [9.17, 15) is 13.6 Å². The van der Waals surface area contributed by atoms with E-state index in [4.69, 9.17) is 4.74 Å². The third-order valence-electron chi connectivity index (χ3n) is 2.04. The van der Waals surface area contributed by atoms with E-state index < -0.39 is 18.0 Å². The second-order valence-electron chi connectivity index (χ2n) is 3.24. The Morgan fingerprint density at radius 2 is 2.06 bits per heavy atom. The largest absolute Gasteiger partial charge is 0.359 e. The van der Waals surface area contributed by atoms with Gasteiger partial charge < -0.3 is 9.53 Å². The van der Waals surface area contributed by atoms with Crippen LogP contribution in [0.25, 0.3) is 0 Å². The number of carbonyl (C=O) groups excluding carboxylic acids is 1. The molecule has 4 heteroatoms. The van der Waals surface area contributed by atoms with Crippen LogP contribution in [-0.4, -0.2) is 12.4 Å². The van der Waals surface area contributed by atoms with Gasteiger partial charge in [0, 0.05) is 5.56 Å². The molecule has 86 valence electrons. The van der Waals surface area contributed by atoms with Gasteiger partial charge in [0.05, 0.1) is 12.4 Å². The summed E-state index contributed by atoms with van der Waals surface area (Å²) in [5, 5.41) is 0. The Hall–Kier alpha value is -1.55. The van der Waals surface area contributed by atoms with Crippen molar-refractivity contribution in [2.75, 3.05) is 0 Å². The van der Waals surface area contributed by atoms with Crippen LogP contribution in [-0.2, 0) is 9.53 Å². The van der Waals surface area contributed by atoms with Crippen molar-refractivity contribution in [3.63, 3.8) is 0 Å². The Morgan fingerprint density at radius 3 is 2.62 bits per heavy atom. The van der Waals surface area contributed by atoms with Gasteiger partial charge in [-0.25, -0.2) is 8.78 Å². The van der Waals surface area contributed by atoms with Gasteiger partial charge in [-0.1, -0.05) is 18.2 Å². The SMILES string of the molecule is CC(C=CF)O[C@H](C=O)c1ccccc1F. The third-order valence-corrected chi connectivity index (χ3v) is 2.04. The number of hydrogen-bond donors (Lipinski definition) is 0. The summed E-state index contributed by atoms with van der Waals surface area (Å²) in [6.45, 7) is 1.56. The van der Waals surface area contributed by atoms with Crippen molar-refractivity contribution in [2.24, 2.45) is 0 Å². The molecule has 0 radical (unpaired) electrons. The van der Waals surface area contributed by atoms with Gasteiger partial charge >= 0.3 is 0 Å². The van der Waals surface area contributed by atoms with Crippen molar-refractivity contribution in [3.05, 3.63) is 48.1 Å². The molecule has 1 unspecified atom stereocenters. The van der Waals surface area contributed by atoms with Crippen molar-refractivity contribution in [3.8, 4) is 0 Å². The van der Waals surface area contributed by atoms with Gasteiger partial charge in [0.15, 0.2) is 6.29 Å². The lowest BCUT2D eigenvalue weighted by atomic mass is 10.1. The highest BCUT2D eigenvalue weighted by Crippen LogP contribution is 2.20. The fraction of sp³-hybridized carbons (Fsp3) is 0.250. The van der Waals surface area contributed by atoms with E-state index in [-0.39, 0.29) is 5.56 Å². The lowest BCUT2D eigenvalue weighted by Gasteiger charge is -2.16. The molecule has 0 saturated heterocycles. The Kier molecular flexibility index (Phi) is 4.79. The van der Waals surface area contributed by atoms with Crippen molar-refractivity contribution in [1.82, 2.24) is 0 Å². The standard InChI is InChI=1S/C12H12F2O2/c1-9(6-7-13)16-12(8-15)10-4-2-3-5-11(10)14/h2-9,12H,1H3/t9?,12-/m1/s1.